The van der Waals surface area contributed by atoms with Crippen molar-refractivity contribution >= 4 is 22.6 Å². The summed E-state index contributed by atoms with van der Waals surface area (Å²) in [5.41, 5.74) is -0.518. The minimum atomic E-state index is -1.33. The molecule has 0 fully saturated rings. The molecule has 0 atom stereocenters. The van der Waals surface area contributed by atoms with Crippen molar-refractivity contribution in [2.75, 3.05) is 0 Å². The van der Waals surface area contributed by atoms with E-state index in [0.717, 1.165) is 12.1 Å². The molecule has 0 amide bonds. The maximum atomic E-state index is 10.7. The van der Waals surface area contributed by atoms with Crippen molar-refractivity contribution in [2.45, 2.75) is 0 Å². The second-order valence-corrected chi connectivity index (χ2v) is 3.02. The van der Waals surface area contributed by atoms with E-state index in [1.807, 2.05) is 0 Å². The van der Waals surface area contributed by atoms with Gasteiger partial charge in [-0.1, -0.05) is 0 Å². The van der Waals surface area contributed by atoms with Gasteiger partial charge in [-0.3, -0.25) is 10.1 Å². The monoisotopic (exact) mass is 223 g/mol. The van der Waals surface area contributed by atoms with E-state index in [9.17, 15) is 20.0 Å². The molecule has 0 saturated carbocycles. The number of fused-ring (bicyclic) bond motifs is 1. The van der Waals surface area contributed by atoms with Crippen LogP contribution in [0.1, 0.15) is 10.6 Å². The van der Waals surface area contributed by atoms with Crippen molar-refractivity contribution in [2.24, 2.45) is 0 Å². The number of carboxylic acid groups (broad SMARTS) is 1. The zero-order valence-corrected chi connectivity index (χ0v) is 7.71. The molecule has 1 heterocycles. The van der Waals surface area contributed by atoms with Crippen LogP contribution >= 0.6 is 0 Å². The van der Waals surface area contributed by atoms with Crippen LogP contribution in [0, 0.1) is 10.1 Å². The fourth-order valence-electron chi connectivity index (χ4n) is 1.38. The molecule has 7 nitrogen and oxygen atoms in total. The fourth-order valence-corrected chi connectivity index (χ4v) is 1.38. The predicted molar refractivity (Wildman–Crippen MR) is 51.5 cm³/mol. The molecular formula is C9H5NO6. The summed E-state index contributed by atoms with van der Waals surface area (Å²) in [4.78, 5) is 20.5. The van der Waals surface area contributed by atoms with E-state index >= 15 is 0 Å². The van der Waals surface area contributed by atoms with Crippen molar-refractivity contribution in [3.63, 3.8) is 0 Å². The Morgan fingerprint density at radius 3 is 2.69 bits per heavy atom. The van der Waals surface area contributed by atoms with Crippen molar-refractivity contribution in [1.29, 1.82) is 0 Å². The smallest absolute Gasteiger partial charge is 0.371 e. The Kier molecular flexibility index (Phi) is 2.01. The topological polar surface area (TPSA) is 114 Å². The number of carbonyl (C=O) groups is 1. The molecule has 2 N–H and O–H groups in total. The minimum absolute atomic E-state index is 0.0394. The lowest BCUT2D eigenvalue weighted by Crippen LogP contribution is -1.91. The molecule has 0 spiro atoms. The number of hydrogen-bond donors (Lipinski definition) is 2. The van der Waals surface area contributed by atoms with Crippen LogP contribution in [0.4, 0.5) is 5.69 Å². The van der Waals surface area contributed by atoms with Gasteiger partial charge in [0.15, 0.2) is 5.75 Å². The second-order valence-electron chi connectivity index (χ2n) is 3.02. The molecule has 2 aromatic rings. The summed E-state index contributed by atoms with van der Waals surface area (Å²) in [7, 11) is 0. The molecule has 0 aliphatic carbocycles. The van der Waals surface area contributed by atoms with Gasteiger partial charge in [-0.25, -0.2) is 4.79 Å². The molecule has 16 heavy (non-hydrogen) atoms. The average molecular weight is 223 g/mol. The number of nitro benzene ring substituents is 1. The molecule has 2 rings (SSSR count). The van der Waals surface area contributed by atoms with Gasteiger partial charge < -0.3 is 14.6 Å². The Labute approximate surface area is 87.7 Å². The van der Waals surface area contributed by atoms with E-state index in [1.54, 1.807) is 0 Å². The van der Waals surface area contributed by atoms with E-state index in [-0.39, 0.29) is 11.0 Å². The lowest BCUT2D eigenvalue weighted by Gasteiger charge is -1.95. The van der Waals surface area contributed by atoms with Crippen LogP contribution in [0.25, 0.3) is 11.0 Å². The standard InChI is InChI=1S/C9H5NO6/c11-5-1-2-6-4(8(5)10(14)15)3-7(16-6)9(12)13/h1-3,11H,(H,12,13). The first-order valence-electron chi connectivity index (χ1n) is 4.14. The van der Waals surface area contributed by atoms with Crippen LogP contribution in [0.5, 0.6) is 5.75 Å². The normalized spacial score (nSPS) is 10.5. The number of furan rings is 1. The van der Waals surface area contributed by atoms with Crippen LogP contribution in [0.2, 0.25) is 0 Å². The molecule has 82 valence electrons. The van der Waals surface area contributed by atoms with Gasteiger partial charge in [0.05, 0.1) is 4.92 Å². The summed E-state index contributed by atoms with van der Waals surface area (Å²) < 4.78 is 4.86. The molecule has 0 aliphatic heterocycles. The fraction of sp³-hybridized carbons (Fsp3) is 0. The zero-order valence-electron chi connectivity index (χ0n) is 7.71. The summed E-state index contributed by atoms with van der Waals surface area (Å²) in [6.07, 6.45) is 0. The van der Waals surface area contributed by atoms with Crippen LogP contribution < -0.4 is 0 Å². The van der Waals surface area contributed by atoms with E-state index in [0.29, 0.717) is 0 Å². The largest absolute Gasteiger partial charge is 0.502 e. The van der Waals surface area contributed by atoms with Gasteiger partial charge in [-0.05, 0) is 12.1 Å². The first-order chi connectivity index (χ1) is 7.50. The third-order valence-electron chi connectivity index (χ3n) is 2.04. The molecule has 0 bridgehead atoms. The van der Waals surface area contributed by atoms with Gasteiger partial charge in [-0.15, -0.1) is 0 Å². The van der Waals surface area contributed by atoms with Gasteiger partial charge in [0.1, 0.15) is 11.0 Å². The third-order valence-corrected chi connectivity index (χ3v) is 2.04. The predicted octanol–water partition coefficient (Wildman–Crippen LogP) is 1.74. The number of carboxylic acids is 1. The molecule has 7 heteroatoms. The number of nitro groups is 1. The van der Waals surface area contributed by atoms with Crippen LogP contribution in [-0.2, 0) is 0 Å². The van der Waals surface area contributed by atoms with Gasteiger partial charge >= 0.3 is 11.7 Å². The molecule has 1 aromatic carbocycles. The second kappa shape index (κ2) is 3.23. The molecule has 1 aromatic heterocycles. The number of aromatic hydroxyl groups is 1. The van der Waals surface area contributed by atoms with E-state index in [2.05, 4.69) is 0 Å². The van der Waals surface area contributed by atoms with Crippen molar-refractivity contribution < 1.29 is 24.3 Å². The van der Waals surface area contributed by atoms with Crippen molar-refractivity contribution in [1.82, 2.24) is 0 Å². The number of benzene rings is 1. The molecule has 0 radical (unpaired) electrons. The Balaban J connectivity index is 2.82. The minimum Gasteiger partial charge on any atom is -0.502 e. The summed E-state index contributed by atoms with van der Waals surface area (Å²) in [5.74, 6) is -2.27. The van der Waals surface area contributed by atoms with Crippen LogP contribution in [-0.4, -0.2) is 21.1 Å². The van der Waals surface area contributed by atoms with E-state index in [4.69, 9.17) is 9.52 Å². The van der Waals surface area contributed by atoms with Crippen LogP contribution in [0.3, 0.4) is 0 Å². The molecule has 0 aliphatic rings. The summed E-state index contributed by atoms with van der Waals surface area (Å²) in [6.45, 7) is 0. The van der Waals surface area contributed by atoms with Gasteiger partial charge in [0.25, 0.3) is 0 Å². The number of aromatic carboxylic acids is 1. The highest BCUT2D eigenvalue weighted by Gasteiger charge is 2.22. The van der Waals surface area contributed by atoms with E-state index in [1.165, 1.54) is 6.07 Å². The number of nitrogens with zero attached hydrogens (tertiary/aromatic N) is 1. The highest BCUT2D eigenvalue weighted by Crippen LogP contribution is 2.35. The summed E-state index contributed by atoms with van der Waals surface area (Å²) in [5, 5.41) is 28.6. The Bertz CT molecular complexity index is 599. The number of phenolic OH excluding ortho intramolecular Hbond substituents is 1. The Morgan fingerprint density at radius 2 is 2.12 bits per heavy atom. The Hall–Kier alpha value is -2.57. The number of hydrogen-bond acceptors (Lipinski definition) is 5. The van der Waals surface area contributed by atoms with Gasteiger partial charge in [-0.2, -0.15) is 0 Å². The highest BCUT2D eigenvalue weighted by molar-refractivity contribution is 5.96. The first kappa shape index (κ1) is 9.97. The quantitative estimate of drug-likeness (QED) is 0.592. The summed E-state index contributed by atoms with van der Waals surface area (Å²) in [6, 6.07) is 3.36. The molecule has 0 unspecified atom stereocenters. The number of phenols is 1. The SMILES string of the molecule is O=C(O)c1cc2c([N+](=O)[O-])c(O)ccc2o1. The van der Waals surface area contributed by atoms with Crippen LogP contribution in [0.15, 0.2) is 22.6 Å². The lowest BCUT2D eigenvalue weighted by molar-refractivity contribution is -0.384. The zero-order chi connectivity index (χ0) is 11.9. The van der Waals surface area contributed by atoms with Gasteiger partial charge in [0.2, 0.25) is 5.76 Å². The highest BCUT2D eigenvalue weighted by atomic mass is 16.6. The molecule has 0 saturated heterocycles. The molecular weight excluding hydrogens is 218 g/mol. The van der Waals surface area contributed by atoms with E-state index < -0.39 is 28.1 Å². The maximum absolute atomic E-state index is 10.7. The summed E-state index contributed by atoms with van der Waals surface area (Å²) >= 11 is 0. The van der Waals surface area contributed by atoms with Crippen molar-refractivity contribution in [3.8, 4) is 5.75 Å². The average Bonchev–Trinajstić information content (AvgIpc) is 2.60. The Morgan fingerprint density at radius 1 is 1.44 bits per heavy atom. The number of rotatable bonds is 2. The third kappa shape index (κ3) is 1.34. The van der Waals surface area contributed by atoms with Crippen molar-refractivity contribution in [3.05, 3.63) is 34.1 Å². The van der Waals surface area contributed by atoms with Gasteiger partial charge in [0, 0.05) is 6.07 Å². The maximum Gasteiger partial charge on any atom is 0.371 e. The first-order valence-corrected chi connectivity index (χ1v) is 4.14. The lowest BCUT2D eigenvalue weighted by atomic mass is 10.2.